The van der Waals surface area contributed by atoms with Gasteiger partial charge in [0.05, 0.1) is 6.04 Å². The van der Waals surface area contributed by atoms with Crippen molar-refractivity contribution in [2.24, 2.45) is 17.7 Å². The molecule has 0 bridgehead atoms. The van der Waals surface area contributed by atoms with Crippen molar-refractivity contribution in [3.05, 3.63) is 34.6 Å². The molecule has 0 saturated heterocycles. The molecule has 0 amide bonds. The Morgan fingerprint density at radius 3 is 2.95 bits per heavy atom. The largest absolute Gasteiger partial charge is 0.271 e. The van der Waals surface area contributed by atoms with Crippen LogP contribution >= 0.6 is 11.6 Å². The lowest BCUT2D eigenvalue weighted by molar-refractivity contribution is 0.210. The smallest absolute Gasteiger partial charge is 0.123 e. The summed E-state index contributed by atoms with van der Waals surface area (Å²) in [5.41, 5.74) is 3.63. The molecule has 0 spiro atoms. The van der Waals surface area contributed by atoms with Crippen molar-refractivity contribution in [3.8, 4) is 0 Å². The first-order valence-electron chi connectivity index (χ1n) is 7.06. The number of benzene rings is 1. The maximum absolute atomic E-state index is 13.4. The standard InChI is InChI=1S/C15H22ClFN2/c1-2-10-4-3-5-11(8-10)15(19-18)13-9-12(17)6-7-14(13)16/h6-7,9-11,15,19H,2-5,8,18H2,1H3. The average molecular weight is 285 g/mol. The summed E-state index contributed by atoms with van der Waals surface area (Å²) in [6, 6.07) is 4.44. The van der Waals surface area contributed by atoms with Gasteiger partial charge in [0.1, 0.15) is 5.82 Å². The summed E-state index contributed by atoms with van der Waals surface area (Å²) in [6.07, 6.45) is 5.97. The fourth-order valence-corrected chi connectivity index (χ4v) is 3.47. The van der Waals surface area contributed by atoms with Crippen molar-refractivity contribution in [1.82, 2.24) is 5.43 Å². The van der Waals surface area contributed by atoms with E-state index in [-0.39, 0.29) is 11.9 Å². The third kappa shape index (κ3) is 3.47. The van der Waals surface area contributed by atoms with Crippen LogP contribution in [0.2, 0.25) is 5.02 Å². The van der Waals surface area contributed by atoms with Gasteiger partial charge in [-0.2, -0.15) is 0 Å². The highest BCUT2D eigenvalue weighted by Crippen LogP contribution is 2.39. The van der Waals surface area contributed by atoms with Crippen molar-refractivity contribution in [2.75, 3.05) is 0 Å². The molecule has 0 aliphatic heterocycles. The summed E-state index contributed by atoms with van der Waals surface area (Å²) in [6.45, 7) is 2.23. The lowest BCUT2D eigenvalue weighted by Gasteiger charge is -2.34. The van der Waals surface area contributed by atoms with E-state index in [1.54, 1.807) is 6.07 Å². The van der Waals surface area contributed by atoms with Crippen LogP contribution in [0.3, 0.4) is 0 Å². The number of hydrogen-bond donors (Lipinski definition) is 2. The molecule has 1 aromatic carbocycles. The van der Waals surface area contributed by atoms with Crippen molar-refractivity contribution in [1.29, 1.82) is 0 Å². The van der Waals surface area contributed by atoms with Gasteiger partial charge in [0, 0.05) is 5.02 Å². The fraction of sp³-hybridized carbons (Fsp3) is 0.600. The Bertz CT molecular complexity index is 425. The highest BCUT2D eigenvalue weighted by Gasteiger charge is 2.29. The molecule has 3 atom stereocenters. The fourth-order valence-electron chi connectivity index (χ4n) is 3.24. The molecule has 3 N–H and O–H groups in total. The van der Waals surface area contributed by atoms with Crippen LogP contribution in [0, 0.1) is 17.7 Å². The van der Waals surface area contributed by atoms with Gasteiger partial charge in [-0.1, -0.05) is 37.8 Å². The lowest BCUT2D eigenvalue weighted by atomic mass is 9.75. The number of nitrogens with one attached hydrogen (secondary N) is 1. The molecule has 0 heterocycles. The normalized spacial score (nSPS) is 25.3. The molecule has 0 radical (unpaired) electrons. The van der Waals surface area contributed by atoms with Gasteiger partial charge in [-0.25, -0.2) is 4.39 Å². The van der Waals surface area contributed by atoms with Crippen LogP contribution in [0.25, 0.3) is 0 Å². The first-order valence-corrected chi connectivity index (χ1v) is 7.44. The van der Waals surface area contributed by atoms with E-state index < -0.39 is 0 Å². The van der Waals surface area contributed by atoms with Crippen molar-refractivity contribution >= 4 is 11.6 Å². The second kappa shape index (κ2) is 6.69. The minimum Gasteiger partial charge on any atom is -0.271 e. The Hall–Kier alpha value is -0.640. The maximum Gasteiger partial charge on any atom is 0.123 e. The predicted molar refractivity (Wildman–Crippen MR) is 77.2 cm³/mol. The van der Waals surface area contributed by atoms with E-state index in [0.717, 1.165) is 24.3 Å². The van der Waals surface area contributed by atoms with Gasteiger partial charge in [0.25, 0.3) is 0 Å². The summed E-state index contributed by atoms with van der Waals surface area (Å²) >= 11 is 6.20. The van der Waals surface area contributed by atoms with E-state index in [9.17, 15) is 4.39 Å². The van der Waals surface area contributed by atoms with E-state index in [0.29, 0.717) is 10.9 Å². The van der Waals surface area contributed by atoms with E-state index in [1.165, 1.54) is 31.4 Å². The van der Waals surface area contributed by atoms with Crippen LogP contribution < -0.4 is 11.3 Å². The van der Waals surface area contributed by atoms with E-state index in [4.69, 9.17) is 17.4 Å². The third-order valence-corrected chi connectivity index (χ3v) is 4.69. The molecule has 1 aliphatic rings. The highest BCUT2D eigenvalue weighted by molar-refractivity contribution is 6.31. The van der Waals surface area contributed by atoms with E-state index >= 15 is 0 Å². The highest BCUT2D eigenvalue weighted by atomic mass is 35.5. The molecule has 3 unspecified atom stereocenters. The Labute approximate surface area is 119 Å². The average Bonchev–Trinajstić information content (AvgIpc) is 2.44. The van der Waals surface area contributed by atoms with Crippen molar-refractivity contribution in [2.45, 2.75) is 45.1 Å². The van der Waals surface area contributed by atoms with Crippen LogP contribution in [0.4, 0.5) is 4.39 Å². The van der Waals surface area contributed by atoms with Gasteiger partial charge in [-0.05, 0) is 48.4 Å². The van der Waals surface area contributed by atoms with Crippen LogP contribution in [0.15, 0.2) is 18.2 Å². The third-order valence-electron chi connectivity index (χ3n) is 4.34. The molecule has 0 aromatic heterocycles. The van der Waals surface area contributed by atoms with Gasteiger partial charge in [-0.3, -0.25) is 11.3 Å². The van der Waals surface area contributed by atoms with Crippen LogP contribution in [-0.2, 0) is 0 Å². The summed E-state index contributed by atoms with van der Waals surface area (Å²) in [4.78, 5) is 0. The van der Waals surface area contributed by atoms with Crippen molar-refractivity contribution in [3.63, 3.8) is 0 Å². The molecule has 106 valence electrons. The zero-order valence-electron chi connectivity index (χ0n) is 11.3. The number of nitrogens with two attached hydrogens (primary N) is 1. The molecule has 1 fully saturated rings. The van der Waals surface area contributed by atoms with Crippen molar-refractivity contribution < 1.29 is 4.39 Å². The zero-order valence-corrected chi connectivity index (χ0v) is 12.1. The SMILES string of the molecule is CCC1CCCC(C(NN)c2cc(F)ccc2Cl)C1. The Balaban J connectivity index is 2.21. The molecule has 1 aromatic rings. The van der Waals surface area contributed by atoms with Gasteiger partial charge >= 0.3 is 0 Å². The van der Waals surface area contributed by atoms with Crippen LogP contribution in [-0.4, -0.2) is 0 Å². The van der Waals surface area contributed by atoms with E-state index in [1.807, 2.05) is 0 Å². The van der Waals surface area contributed by atoms with Crippen LogP contribution in [0.1, 0.15) is 50.6 Å². The minimum absolute atomic E-state index is 0.0578. The lowest BCUT2D eigenvalue weighted by Crippen LogP contribution is -2.36. The maximum atomic E-state index is 13.4. The molecule has 4 heteroatoms. The zero-order chi connectivity index (χ0) is 13.8. The van der Waals surface area contributed by atoms with Gasteiger partial charge in [0.2, 0.25) is 0 Å². The number of halogens is 2. The van der Waals surface area contributed by atoms with Gasteiger partial charge in [-0.15, -0.1) is 0 Å². The second-order valence-electron chi connectivity index (χ2n) is 5.51. The first-order chi connectivity index (χ1) is 9.15. The summed E-state index contributed by atoms with van der Waals surface area (Å²) in [5.74, 6) is 6.63. The number of hydrazine groups is 1. The monoisotopic (exact) mass is 284 g/mol. The molecule has 1 aliphatic carbocycles. The molecule has 1 saturated carbocycles. The molecule has 2 nitrogen and oxygen atoms in total. The molecular weight excluding hydrogens is 263 g/mol. The minimum atomic E-state index is -0.262. The second-order valence-corrected chi connectivity index (χ2v) is 5.92. The summed E-state index contributed by atoms with van der Waals surface area (Å²) < 4.78 is 13.4. The summed E-state index contributed by atoms with van der Waals surface area (Å²) in [7, 11) is 0. The van der Waals surface area contributed by atoms with E-state index in [2.05, 4.69) is 12.3 Å². The quantitative estimate of drug-likeness (QED) is 0.642. The van der Waals surface area contributed by atoms with Gasteiger partial charge in [0.15, 0.2) is 0 Å². The molecule has 19 heavy (non-hydrogen) atoms. The topological polar surface area (TPSA) is 38.0 Å². The molecule has 2 rings (SSSR count). The Kier molecular flexibility index (Phi) is 5.20. The summed E-state index contributed by atoms with van der Waals surface area (Å²) in [5, 5.41) is 0.586. The number of hydrogen-bond acceptors (Lipinski definition) is 2. The Morgan fingerprint density at radius 2 is 2.26 bits per heavy atom. The first kappa shape index (κ1) is 14.8. The molecular formula is C15H22ClFN2. The van der Waals surface area contributed by atoms with Crippen LogP contribution in [0.5, 0.6) is 0 Å². The Morgan fingerprint density at radius 1 is 1.47 bits per heavy atom. The predicted octanol–water partition coefficient (Wildman–Crippen LogP) is 4.20. The van der Waals surface area contributed by atoms with Gasteiger partial charge < -0.3 is 0 Å². The number of rotatable bonds is 4.